The standard InChI is InChI=1S/C23H28Cl2N2O2S/c1-3-13-26-23(29)17(2)27(16-18-6-4-7-20(25)15-18)22(28)8-5-14-30-21-11-9-19(24)10-12-21/h4,6-7,9-12,15,17H,3,5,8,13-14,16H2,1-2H3,(H,26,29)/t17-/m0/s1. The molecule has 0 spiro atoms. The average Bonchev–Trinajstić information content (AvgIpc) is 2.74. The molecule has 0 radical (unpaired) electrons. The van der Waals surface area contributed by atoms with Gasteiger partial charge in [-0.25, -0.2) is 0 Å². The quantitative estimate of drug-likeness (QED) is 0.335. The van der Waals surface area contributed by atoms with Gasteiger partial charge >= 0.3 is 0 Å². The zero-order chi connectivity index (χ0) is 21.9. The highest BCUT2D eigenvalue weighted by atomic mass is 35.5. The van der Waals surface area contributed by atoms with Gasteiger partial charge in [0.15, 0.2) is 0 Å². The van der Waals surface area contributed by atoms with E-state index in [2.05, 4.69) is 5.32 Å². The normalized spacial score (nSPS) is 11.7. The highest BCUT2D eigenvalue weighted by Crippen LogP contribution is 2.22. The number of carbonyl (C=O) groups is 2. The molecule has 0 heterocycles. The molecular formula is C23H28Cl2N2O2S. The summed E-state index contributed by atoms with van der Waals surface area (Å²) >= 11 is 13.7. The van der Waals surface area contributed by atoms with E-state index in [0.717, 1.165) is 29.1 Å². The van der Waals surface area contributed by atoms with E-state index < -0.39 is 6.04 Å². The number of nitrogens with one attached hydrogen (secondary N) is 1. The molecule has 2 aromatic carbocycles. The number of halogens is 2. The summed E-state index contributed by atoms with van der Waals surface area (Å²) < 4.78 is 0. The predicted molar refractivity (Wildman–Crippen MR) is 126 cm³/mol. The van der Waals surface area contributed by atoms with Crippen molar-refractivity contribution in [2.75, 3.05) is 12.3 Å². The Morgan fingerprint density at radius 3 is 2.50 bits per heavy atom. The Morgan fingerprint density at radius 2 is 1.83 bits per heavy atom. The number of nitrogens with zero attached hydrogens (tertiary/aromatic N) is 1. The van der Waals surface area contributed by atoms with Crippen LogP contribution in [0.5, 0.6) is 0 Å². The summed E-state index contributed by atoms with van der Waals surface area (Å²) in [5.41, 5.74) is 0.904. The fourth-order valence-electron chi connectivity index (χ4n) is 2.90. The number of hydrogen-bond acceptors (Lipinski definition) is 3. The Bertz CT molecular complexity index is 830. The first kappa shape index (κ1) is 24.6. The molecule has 0 saturated carbocycles. The number of amides is 2. The van der Waals surface area contributed by atoms with Crippen LogP contribution in [-0.2, 0) is 16.1 Å². The first-order valence-corrected chi connectivity index (χ1v) is 11.8. The Balaban J connectivity index is 1.97. The molecule has 0 aliphatic carbocycles. The predicted octanol–water partition coefficient (Wildman–Crippen LogP) is 5.81. The minimum Gasteiger partial charge on any atom is -0.354 e. The summed E-state index contributed by atoms with van der Waals surface area (Å²) in [6.45, 7) is 4.72. The first-order chi connectivity index (χ1) is 14.4. The van der Waals surface area contributed by atoms with Crippen molar-refractivity contribution >= 4 is 46.8 Å². The highest BCUT2D eigenvalue weighted by Gasteiger charge is 2.25. The molecule has 162 valence electrons. The van der Waals surface area contributed by atoms with E-state index in [9.17, 15) is 9.59 Å². The zero-order valence-corrected chi connectivity index (χ0v) is 19.7. The molecule has 0 aliphatic rings. The van der Waals surface area contributed by atoms with Crippen LogP contribution in [0.1, 0.15) is 38.7 Å². The maximum Gasteiger partial charge on any atom is 0.242 e. The van der Waals surface area contributed by atoms with Crippen molar-refractivity contribution in [3.8, 4) is 0 Å². The lowest BCUT2D eigenvalue weighted by Crippen LogP contribution is -2.47. The van der Waals surface area contributed by atoms with Gasteiger partial charge < -0.3 is 10.2 Å². The fourth-order valence-corrected chi connectivity index (χ4v) is 4.09. The summed E-state index contributed by atoms with van der Waals surface area (Å²) in [7, 11) is 0. The average molecular weight is 467 g/mol. The second kappa shape index (κ2) is 12.9. The van der Waals surface area contributed by atoms with E-state index in [1.165, 1.54) is 0 Å². The molecular weight excluding hydrogens is 439 g/mol. The van der Waals surface area contributed by atoms with Crippen LogP contribution >= 0.6 is 35.0 Å². The smallest absolute Gasteiger partial charge is 0.242 e. The molecule has 2 amide bonds. The molecule has 1 N–H and O–H groups in total. The molecule has 0 fully saturated rings. The first-order valence-electron chi connectivity index (χ1n) is 10.1. The van der Waals surface area contributed by atoms with Gasteiger partial charge in [0.2, 0.25) is 11.8 Å². The largest absolute Gasteiger partial charge is 0.354 e. The number of thioether (sulfide) groups is 1. The lowest BCUT2D eigenvalue weighted by Gasteiger charge is -2.29. The molecule has 7 heteroatoms. The molecule has 0 bridgehead atoms. The van der Waals surface area contributed by atoms with E-state index in [4.69, 9.17) is 23.2 Å². The minimum absolute atomic E-state index is 0.0363. The Hall–Kier alpha value is -1.69. The van der Waals surface area contributed by atoms with Crippen LogP contribution in [0.4, 0.5) is 0 Å². The number of hydrogen-bond donors (Lipinski definition) is 1. The van der Waals surface area contributed by atoms with E-state index >= 15 is 0 Å². The molecule has 0 saturated heterocycles. The molecule has 30 heavy (non-hydrogen) atoms. The van der Waals surface area contributed by atoms with Crippen LogP contribution in [0, 0.1) is 0 Å². The minimum atomic E-state index is -0.549. The van der Waals surface area contributed by atoms with Gasteiger partial charge in [-0.2, -0.15) is 0 Å². The molecule has 1 atom stereocenters. The Labute approximate surface area is 193 Å². The summed E-state index contributed by atoms with van der Waals surface area (Å²) in [6.07, 6.45) is 1.96. The van der Waals surface area contributed by atoms with Crippen molar-refractivity contribution in [2.45, 2.75) is 50.6 Å². The molecule has 0 aromatic heterocycles. The van der Waals surface area contributed by atoms with E-state index in [-0.39, 0.29) is 11.8 Å². The van der Waals surface area contributed by atoms with Gasteiger partial charge in [-0.1, -0.05) is 42.3 Å². The van der Waals surface area contributed by atoms with Crippen molar-refractivity contribution < 1.29 is 9.59 Å². The molecule has 0 aliphatic heterocycles. The molecule has 0 unspecified atom stereocenters. The topological polar surface area (TPSA) is 49.4 Å². The van der Waals surface area contributed by atoms with Gasteiger partial charge in [-0.05, 0) is 67.5 Å². The third-order valence-electron chi connectivity index (χ3n) is 4.58. The molecule has 4 nitrogen and oxygen atoms in total. The van der Waals surface area contributed by atoms with E-state index in [1.54, 1.807) is 29.7 Å². The van der Waals surface area contributed by atoms with Gasteiger partial charge in [0.1, 0.15) is 6.04 Å². The van der Waals surface area contributed by atoms with Crippen LogP contribution in [0.25, 0.3) is 0 Å². The molecule has 2 aromatic rings. The summed E-state index contributed by atoms with van der Waals surface area (Å²) in [6, 6.07) is 14.5. The van der Waals surface area contributed by atoms with Crippen LogP contribution in [0.2, 0.25) is 10.0 Å². The Morgan fingerprint density at radius 1 is 1.10 bits per heavy atom. The lowest BCUT2D eigenvalue weighted by atomic mass is 10.1. The van der Waals surface area contributed by atoms with Crippen LogP contribution in [-0.4, -0.2) is 35.1 Å². The van der Waals surface area contributed by atoms with Gasteiger partial charge in [-0.15, -0.1) is 11.8 Å². The van der Waals surface area contributed by atoms with Gasteiger partial charge in [0.25, 0.3) is 0 Å². The second-order valence-corrected chi connectivity index (χ2v) is 9.07. The SMILES string of the molecule is CCCNC(=O)[C@H](C)N(Cc1cccc(Cl)c1)C(=O)CCCSc1ccc(Cl)cc1. The number of benzene rings is 2. The van der Waals surface area contributed by atoms with Crippen molar-refractivity contribution in [1.82, 2.24) is 10.2 Å². The maximum absolute atomic E-state index is 13.0. The molecule has 2 rings (SSSR count). The third-order valence-corrected chi connectivity index (χ3v) is 6.16. The highest BCUT2D eigenvalue weighted by molar-refractivity contribution is 7.99. The van der Waals surface area contributed by atoms with Crippen molar-refractivity contribution in [3.63, 3.8) is 0 Å². The van der Waals surface area contributed by atoms with Gasteiger partial charge in [-0.3, -0.25) is 9.59 Å². The van der Waals surface area contributed by atoms with Gasteiger partial charge in [0, 0.05) is 34.5 Å². The second-order valence-electron chi connectivity index (χ2n) is 7.02. The monoisotopic (exact) mass is 466 g/mol. The zero-order valence-electron chi connectivity index (χ0n) is 17.4. The van der Waals surface area contributed by atoms with Crippen molar-refractivity contribution in [2.24, 2.45) is 0 Å². The van der Waals surface area contributed by atoms with E-state index in [1.807, 2.05) is 49.4 Å². The van der Waals surface area contributed by atoms with Crippen LogP contribution in [0.3, 0.4) is 0 Å². The van der Waals surface area contributed by atoms with E-state index in [0.29, 0.717) is 29.6 Å². The summed E-state index contributed by atoms with van der Waals surface area (Å²) in [5.74, 6) is 0.642. The third kappa shape index (κ3) is 8.21. The number of rotatable bonds is 11. The lowest BCUT2D eigenvalue weighted by molar-refractivity contribution is -0.140. The van der Waals surface area contributed by atoms with Crippen molar-refractivity contribution in [3.05, 3.63) is 64.1 Å². The van der Waals surface area contributed by atoms with Gasteiger partial charge in [0.05, 0.1) is 0 Å². The Kier molecular flexibility index (Phi) is 10.6. The summed E-state index contributed by atoms with van der Waals surface area (Å²) in [5, 5.41) is 4.21. The maximum atomic E-state index is 13.0. The van der Waals surface area contributed by atoms with Crippen LogP contribution in [0.15, 0.2) is 53.4 Å². The summed E-state index contributed by atoms with van der Waals surface area (Å²) in [4.78, 5) is 28.3. The fraction of sp³-hybridized carbons (Fsp3) is 0.391. The van der Waals surface area contributed by atoms with Crippen LogP contribution < -0.4 is 5.32 Å². The van der Waals surface area contributed by atoms with Crippen molar-refractivity contribution in [1.29, 1.82) is 0 Å². The number of carbonyl (C=O) groups excluding carboxylic acids is 2.